The van der Waals surface area contributed by atoms with Gasteiger partial charge >= 0.3 is 0 Å². The van der Waals surface area contributed by atoms with E-state index in [1.807, 2.05) is 7.05 Å². The Morgan fingerprint density at radius 3 is 2.68 bits per heavy atom. The number of hydrogen-bond donors (Lipinski definition) is 1. The minimum absolute atomic E-state index is 0.133. The number of likely N-dealkylation sites (tertiary alicyclic amines) is 1. The van der Waals surface area contributed by atoms with Crippen molar-refractivity contribution in [1.29, 1.82) is 0 Å². The molecule has 1 aromatic rings. The Morgan fingerprint density at radius 2 is 2.05 bits per heavy atom. The van der Waals surface area contributed by atoms with Crippen LogP contribution in [0.5, 0.6) is 0 Å². The first-order valence-corrected chi connectivity index (χ1v) is 7.34. The zero-order chi connectivity index (χ0) is 13.3. The molecule has 2 saturated heterocycles. The molecular weight excluding hydrogens is 240 g/mol. The Hall–Kier alpha value is -1.01. The normalized spacial score (nSPS) is 28.4. The molecule has 0 bridgehead atoms. The summed E-state index contributed by atoms with van der Waals surface area (Å²) in [7, 11) is 4.09. The Labute approximate surface area is 114 Å². The smallest absolute Gasteiger partial charge is 0.181 e. The van der Waals surface area contributed by atoms with Crippen LogP contribution in [0.1, 0.15) is 31.5 Å². The van der Waals surface area contributed by atoms with E-state index < -0.39 is 0 Å². The average Bonchev–Trinajstić information content (AvgIpc) is 2.87. The molecule has 1 atom stereocenters. The van der Waals surface area contributed by atoms with Crippen molar-refractivity contribution in [1.82, 2.24) is 30.4 Å². The van der Waals surface area contributed by atoms with Crippen molar-refractivity contribution in [3.8, 4) is 0 Å². The second kappa shape index (κ2) is 5.17. The lowest BCUT2D eigenvalue weighted by atomic mass is 9.65. The van der Waals surface area contributed by atoms with Crippen LogP contribution in [0.25, 0.3) is 0 Å². The maximum Gasteiger partial charge on any atom is 0.181 e. The van der Waals surface area contributed by atoms with Crippen LogP contribution in [0, 0.1) is 5.92 Å². The van der Waals surface area contributed by atoms with Crippen LogP contribution in [0.4, 0.5) is 0 Å². The predicted octanol–water partition coefficient (Wildman–Crippen LogP) is 0.173. The maximum absolute atomic E-state index is 4.55. The fraction of sp³-hybridized carbons (Fsp3) is 0.923. The molecule has 0 radical (unpaired) electrons. The van der Waals surface area contributed by atoms with E-state index in [0.29, 0.717) is 5.92 Å². The second-order valence-corrected chi connectivity index (χ2v) is 6.11. The summed E-state index contributed by atoms with van der Waals surface area (Å²) in [4.78, 5) is 4.06. The Morgan fingerprint density at radius 1 is 1.26 bits per heavy atom. The van der Waals surface area contributed by atoms with Gasteiger partial charge < -0.3 is 10.2 Å². The molecule has 1 unspecified atom stereocenters. The van der Waals surface area contributed by atoms with E-state index in [2.05, 4.69) is 32.7 Å². The van der Waals surface area contributed by atoms with Crippen LogP contribution in [-0.4, -0.2) is 58.3 Å². The fourth-order valence-electron chi connectivity index (χ4n) is 3.79. The van der Waals surface area contributed by atoms with Gasteiger partial charge in [0.05, 0.1) is 7.05 Å². The molecule has 3 rings (SSSR count). The summed E-state index contributed by atoms with van der Waals surface area (Å²) >= 11 is 0. The van der Waals surface area contributed by atoms with Gasteiger partial charge in [-0.25, -0.2) is 0 Å². The van der Waals surface area contributed by atoms with Crippen LogP contribution in [-0.2, 0) is 12.5 Å². The highest BCUT2D eigenvalue weighted by Gasteiger charge is 2.45. The van der Waals surface area contributed by atoms with Crippen molar-refractivity contribution >= 4 is 0 Å². The number of rotatable bonds is 2. The predicted molar refractivity (Wildman–Crippen MR) is 72.8 cm³/mol. The zero-order valence-electron chi connectivity index (χ0n) is 12.0. The van der Waals surface area contributed by atoms with E-state index in [1.54, 1.807) is 4.80 Å². The first-order valence-electron chi connectivity index (χ1n) is 7.34. The van der Waals surface area contributed by atoms with E-state index in [-0.39, 0.29) is 5.41 Å². The molecule has 0 amide bonds. The number of nitrogens with zero attached hydrogens (tertiary/aromatic N) is 5. The number of nitrogens with one attached hydrogen (secondary N) is 1. The van der Waals surface area contributed by atoms with Crippen molar-refractivity contribution in [3.05, 3.63) is 5.82 Å². The molecule has 3 heterocycles. The van der Waals surface area contributed by atoms with E-state index in [4.69, 9.17) is 0 Å². The van der Waals surface area contributed by atoms with Gasteiger partial charge in [-0.1, -0.05) is 0 Å². The molecule has 19 heavy (non-hydrogen) atoms. The molecule has 1 N–H and O–H groups in total. The lowest BCUT2D eigenvalue weighted by Gasteiger charge is -2.45. The van der Waals surface area contributed by atoms with Crippen molar-refractivity contribution < 1.29 is 0 Å². The summed E-state index contributed by atoms with van der Waals surface area (Å²) in [5.41, 5.74) is 0.133. The molecule has 0 aliphatic carbocycles. The SMILES string of the molecule is CN1CCCC(C2(c3nnn(C)n3)CCNCC2)C1. The summed E-state index contributed by atoms with van der Waals surface area (Å²) in [6.07, 6.45) is 4.85. The van der Waals surface area contributed by atoms with Crippen molar-refractivity contribution in [3.63, 3.8) is 0 Å². The molecule has 2 aliphatic rings. The number of aryl methyl sites for hydroxylation is 1. The Balaban J connectivity index is 1.91. The number of hydrogen-bond acceptors (Lipinski definition) is 5. The van der Waals surface area contributed by atoms with Crippen molar-refractivity contribution in [2.45, 2.75) is 31.1 Å². The lowest BCUT2D eigenvalue weighted by Crippen LogP contribution is -2.50. The molecule has 0 aromatic carbocycles. The molecule has 2 aliphatic heterocycles. The topological polar surface area (TPSA) is 58.9 Å². The Bertz CT molecular complexity index is 423. The standard InChI is InChI=1S/C13H24N6/c1-18-9-3-4-11(10-18)13(5-7-14-8-6-13)12-15-17-19(2)16-12/h11,14H,3-10H2,1-2H3. The monoisotopic (exact) mass is 264 g/mol. The largest absolute Gasteiger partial charge is 0.317 e. The van der Waals surface area contributed by atoms with Gasteiger partial charge in [0.2, 0.25) is 0 Å². The van der Waals surface area contributed by atoms with E-state index >= 15 is 0 Å². The maximum atomic E-state index is 4.55. The highest BCUT2D eigenvalue weighted by molar-refractivity contribution is 5.12. The van der Waals surface area contributed by atoms with Gasteiger partial charge in [0.1, 0.15) is 0 Å². The molecule has 0 spiro atoms. The summed E-state index contributed by atoms with van der Waals surface area (Å²) in [5, 5.41) is 16.5. The molecule has 1 aromatic heterocycles. The van der Waals surface area contributed by atoms with Crippen LogP contribution < -0.4 is 5.32 Å². The van der Waals surface area contributed by atoms with Crippen LogP contribution in [0.2, 0.25) is 0 Å². The van der Waals surface area contributed by atoms with E-state index in [1.165, 1.54) is 19.4 Å². The van der Waals surface area contributed by atoms with Crippen LogP contribution in [0.3, 0.4) is 0 Å². The third-order valence-electron chi connectivity index (χ3n) is 4.86. The molecule has 106 valence electrons. The van der Waals surface area contributed by atoms with Crippen molar-refractivity contribution in [2.24, 2.45) is 13.0 Å². The minimum atomic E-state index is 0.133. The first kappa shape index (κ1) is 13.0. The fourth-order valence-corrected chi connectivity index (χ4v) is 3.79. The minimum Gasteiger partial charge on any atom is -0.317 e. The molecular formula is C13H24N6. The first-order chi connectivity index (χ1) is 9.21. The van der Waals surface area contributed by atoms with Gasteiger partial charge in [0, 0.05) is 12.0 Å². The highest BCUT2D eigenvalue weighted by atomic mass is 15.6. The van der Waals surface area contributed by atoms with E-state index in [9.17, 15) is 0 Å². The van der Waals surface area contributed by atoms with Gasteiger partial charge in [-0.2, -0.15) is 4.80 Å². The Kier molecular flexibility index (Phi) is 3.54. The van der Waals surface area contributed by atoms with Crippen molar-refractivity contribution in [2.75, 3.05) is 33.2 Å². The van der Waals surface area contributed by atoms with Gasteiger partial charge in [0.15, 0.2) is 5.82 Å². The van der Waals surface area contributed by atoms with Gasteiger partial charge in [-0.3, -0.25) is 0 Å². The van der Waals surface area contributed by atoms with Gasteiger partial charge in [-0.05, 0) is 63.5 Å². The van der Waals surface area contributed by atoms with Gasteiger partial charge in [-0.15, -0.1) is 10.2 Å². The summed E-state index contributed by atoms with van der Waals surface area (Å²) in [5.74, 6) is 1.63. The van der Waals surface area contributed by atoms with Crippen LogP contribution in [0.15, 0.2) is 0 Å². The third-order valence-corrected chi connectivity index (χ3v) is 4.86. The summed E-state index contributed by atoms with van der Waals surface area (Å²) in [6.45, 7) is 4.52. The highest BCUT2D eigenvalue weighted by Crippen LogP contribution is 2.42. The quantitative estimate of drug-likeness (QED) is 0.825. The number of piperidine rings is 2. The molecule has 0 saturated carbocycles. The molecule has 2 fully saturated rings. The number of aromatic nitrogens is 4. The number of tetrazole rings is 1. The zero-order valence-corrected chi connectivity index (χ0v) is 12.0. The third kappa shape index (κ3) is 2.39. The average molecular weight is 264 g/mol. The molecule has 6 nitrogen and oxygen atoms in total. The van der Waals surface area contributed by atoms with Crippen LogP contribution >= 0.6 is 0 Å². The summed E-state index contributed by atoms with van der Waals surface area (Å²) in [6, 6.07) is 0. The lowest BCUT2D eigenvalue weighted by molar-refractivity contribution is 0.101. The van der Waals surface area contributed by atoms with Gasteiger partial charge in [0.25, 0.3) is 0 Å². The van der Waals surface area contributed by atoms with E-state index in [0.717, 1.165) is 38.3 Å². The second-order valence-electron chi connectivity index (χ2n) is 6.11. The molecule has 6 heteroatoms. The summed E-state index contributed by atoms with van der Waals surface area (Å²) < 4.78 is 0.